The van der Waals surface area contributed by atoms with E-state index in [0.717, 1.165) is 12.5 Å². The molecule has 0 saturated carbocycles. The van der Waals surface area contributed by atoms with E-state index in [2.05, 4.69) is 44.8 Å². The van der Waals surface area contributed by atoms with Crippen molar-refractivity contribution in [2.24, 2.45) is 5.92 Å². The van der Waals surface area contributed by atoms with Crippen molar-refractivity contribution in [3.05, 3.63) is 0 Å². The van der Waals surface area contributed by atoms with Gasteiger partial charge in [-0.3, -0.25) is 4.90 Å². The molecule has 0 aromatic rings. The monoisotopic (exact) mass is 198 g/mol. The summed E-state index contributed by atoms with van der Waals surface area (Å²) in [5.74, 6) is 0.801. The van der Waals surface area contributed by atoms with E-state index in [1.165, 1.54) is 13.0 Å². The van der Waals surface area contributed by atoms with Gasteiger partial charge in [-0.05, 0) is 33.1 Å². The number of rotatable bonds is 3. The maximum Gasteiger partial charge on any atom is 0.0198 e. The van der Waals surface area contributed by atoms with Crippen molar-refractivity contribution in [3.8, 4) is 0 Å². The van der Waals surface area contributed by atoms with Crippen molar-refractivity contribution in [2.75, 3.05) is 13.1 Å². The molecule has 1 N–H and O–H groups in total. The van der Waals surface area contributed by atoms with Crippen LogP contribution in [0.3, 0.4) is 0 Å². The van der Waals surface area contributed by atoms with Crippen molar-refractivity contribution in [1.29, 1.82) is 0 Å². The highest BCUT2D eigenvalue weighted by molar-refractivity contribution is 4.85. The normalized spacial score (nSPS) is 30.2. The summed E-state index contributed by atoms with van der Waals surface area (Å²) in [6, 6.07) is 2.08. The third kappa shape index (κ3) is 3.25. The molecule has 1 saturated heterocycles. The molecule has 0 aromatic heterocycles. The van der Waals surface area contributed by atoms with Crippen LogP contribution in [0.15, 0.2) is 0 Å². The van der Waals surface area contributed by atoms with Gasteiger partial charge in [-0.15, -0.1) is 0 Å². The second-order valence-corrected chi connectivity index (χ2v) is 5.37. The Bertz CT molecular complexity index is 166. The van der Waals surface area contributed by atoms with E-state index in [0.29, 0.717) is 18.1 Å². The molecule has 2 heteroatoms. The highest BCUT2D eigenvalue weighted by Gasteiger charge is 2.26. The third-order valence-corrected chi connectivity index (χ3v) is 3.12. The van der Waals surface area contributed by atoms with E-state index in [9.17, 15) is 0 Å². The predicted octanol–water partition coefficient (Wildman–Crippen LogP) is 2.10. The molecule has 84 valence electrons. The SMILES string of the molecule is CC(C)CC1CN(C(C)C)C(C)CN1. The van der Waals surface area contributed by atoms with Crippen molar-refractivity contribution < 1.29 is 0 Å². The number of hydrogen-bond donors (Lipinski definition) is 1. The maximum absolute atomic E-state index is 3.64. The molecule has 1 heterocycles. The molecule has 0 aliphatic carbocycles. The quantitative estimate of drug-likeness (QED) is 0.747. The van der Waals surface area contributed by atoms with E-state index in [1.54, 1.807) is 0 Å². The van der Waals surface area contributed by atoms with Crippen molar-refractivity contribution >= 4 is 0 Å². The van der Waals surface area contributed by atoms with Crippen molar-refractivity contribution in [1.82, 2.24) is 10.2 Å². The summed E-state index contributed by atoms with van der Waals surface area (Å²) >= 11 is 0. The molecular weight excluding hydrogens is 172 g/mol. The minimum absolute atomic E-state index is 0.682. The Hall–Kier alpha value is -0.0800. The molecule has 0 spiro atoms. The summed E-state index contributed by atoms with van der Waals surface area (Å²) in [5, 5.41) is 3.64. The lowest BCUT2D eigenvalue weighted by atomic mass is 9.99. The van der Waals surface area contributed by atoms with E-state index in [-0.39, 0.29) is 0 Å². The van der Waals surface area contributed by atoms with Gasteiger partial charge in [0, 0.05) is 31.2 Å². The Labute approximate surface area is 89.1 Å². The van der Waals surface area contributed by atoms with Gasteiger partial charge in [0.1, 0.15) is 0 Å². The molecule has 1 rings (SSSR count). The Morgan fingerprint density at radius 2 is 1.93 bits per heavy atom. The lowest BCUT2D eigenvalue weighted by Crippen LogP contribution is -2.57. The Morgan fingerprint density at radius 3 is 2.43 bits per heavy atom. The molecular formula is C12H26N2. The van der Waals surface area contributed by atoms with Crippen LogP contribution in [0.2, 0.25) is 0 Å². The molecule has 1 fully saturated rings. The molecule has 1 aliphatic rings. The van der Waals surface area contributed by atoms with Crippen LogP contribution in [-0.4, -0.2) is 36.1 Å². The van der Waals surface area contributed by atoms with Crippen LogP contribution in [-0.2, 0) is 0 Å². The summed E-state index contributed by atoms with van der Waals surface area (Å²) in [5.41, 5.74) is 0. The highest BCUT2D eigenvalue weighted by atomic mass is 15.2. The Balaban J connectivity index is 2.45. The molecule has 14 heavy (non-hydrogen) atoms. The molecule has 0 bridgehead atoms. The minimum Gasteiger partial charge on any atom is -0.311 e. The second kappa shape index (κ2) is 5.13. The van der Waals surface area contributed by atoms with Crippen molar-refractivity contribution in [2.45, 2.75) is 59.2 Å². The van der Waals surface area contributed by atoms with Gasteiger partial charge in [0.15, 0.2) is 0 Å². The van der Waals surface area contributed by atoms with Gasteiger partial charge < -0.3 is 5.32 Å². The minimum atomic E-state index is 0.682. The van der Waals surface area contributed by atoms with Crippen LogP contribution in [0.4, 0.5) is 0 Å². The highest BCUT2D eigenvalue weighted by Crippen LogP contribution is 2.15. The first-order valence-electron chi connectivity index (χ1n) is 5.99. The molecule has 0 radical (unpaired) electrons. The largest absolute Gasteiger partial charge is 0.311 e. The van der Waals surface area contributed by atoms with Gasteiger partial charge in [0.05, 0.1) is 0 Å². The topological polar surface area (TPSA) is 15.3 Å². The van der Waals surface area contributed by atoms with Gasteiger partial charge in [0.25, 0.3) is 0 Å². The Kier molecular flexibility index (Phi) is 4.39. The van der Waals surface area contributed by atoms with Crippen LogP contribution in [0.1, 0.15) is 41.0 Å². The summed E-state index contributed by atoms with van der Waals surface area (Å²) in [4.78, 5) is 2.61. The summed E-state index contributed by atoms with van der Waals surface area (Å²) in [6.07, 6.45) is 1.30. The maximum atomic E-state index is 3.64. The van der Waals surface area contributed by atoms with Gasteiger partial charge in [-0.1, -0.05) is 13.8 Å². The lowest BCUT2D eigenvalue weighted by Gasteiger charge is -2.41. The van der Waals surface area contributed by atoms with E-state index < -0.39 is 0 Å². The lowest BCUT2D eigenvalue weighted by molar-refractivity contribution is 0.100. The van der Waals surface area contributed by atoms with E-state index >= 15 is 0 Å². The molecule has 2 atom stereocenters. The molecule has 0 aromatic carbocycles. The van der Waals surface area contributed by atoms with Gasteiger partial charge in [-0.25, -0.2) is 0 Å². The average Bonchev–Trinajstić information content (AvgIpc) is 2.07. The summed E-state index contributed by atoms with van der Waals surface area (Å²) in [7, 11) is 0. The summed E-state index contributed by atoms with van der Waals surface area (Å²) < 4.78 is 0. The molecule has 0 amide bonds. The fraction of sp³-hybridized carbons (Fsp3) is 1.00. The smallest absolute Gasteiger partial charge is 0.0198 e. The fourth-order valence-electron chi connectivity index (χ4n) is 2.40. The zero-order valence-corrected chi connectivity index (χ0v) is 10.4. The van der Waals surface area contributed by atoms with Crippen molar-refractivity contribution in [3.63, 3.8) is 0 Å². The van der Waals surface area contributed by atoms with Crippen LogP contribution < -0.4 is 5.32 Å². The van der Waals surface area contributed by atoms with Gasteiger partial charge in [-0.2, -0.15) is 0 Å². The number of hydrogen-bond acceptors (Lipinski definition) is 2. The Morgan fingerprint density at radius 1 is 1.29 bits per heavy atom. The number of nitrogens with zero attached hydrogens (tertiary/aromatic N) is 1. The van der Waals surface area contributed by atoms with Crippen LogP contribution in [0.25, 0.3) is 0 Å². The fourth-order valence-corrected chi connectivity index (χ4v) is 2.40. The average molecular weight is 198 g/mol. The first-order valence-corrected chi connectivity index (χ1v) is 5.99. The van der Waals surface area contributed by atoms with Gasteiger partial charge in [0.2, 0.25) is 0 Å². The number of nitrogens with one attached hydrogen (secondary N) is 1. The zero-order chi connectivity index (χ0) is 10.7. The first kappa shape index (κ1) is 12.0. The third-order valence-electron chi connectivity index (χ3n) is 3.12. The summed E-state index contributed by atoms with van der Waals surface area (Å²) in [6.45, 7) is 13.9. The van der Waals surface area contributed by atoms with Gasteiger partial charge >= 0.3 is 0 Å². The number of piperazine rings is 1. The van der Waals surface area contributed by atoms with Crippen LogP contribution in [0.5, 0.6) is 0 Å². The van der Waals surface area contributed by atoms with Crippen LogP contribution >= 0.6 is 0 Å². The first-order chi connectivity index (χ1) is 6.50. The predicted molar refractivity (Wildman–Crippen MR) is 62.5 cm³/mol. The zero-order valence-electron chi connectivity index (χ0n) is 10.4. The van der Waals surface area contributed by atoms with Crippen LogP contribution in [0, 0.1) is 5.92 Å². The molecule has 1 aliphatic heterocycles. The molecule has 2 unspecified atom stereocenters. The van der Waals surface area contributed by atoms with E-state index in [1.807, 2.05) is 0 Å². The van der Waals surface area contributed by atoms with E-state index in [4.69, 9.17) is 0 Å². The molecule has 2 nitrogen and oxygen atoms in total. The standard InChI is InChI=1S/C12H26N2/c1-9(2)6-12-8-14(10(3)4)11(5)7-13-12/h9-13H,6-8H2,1-5H3. The second-order valence-electron chi connectivity index (χ2n) is 5.37.